The van der Waals surface area contributed by atoms with Gasteiger partial charge in [0.1, 0.15) is 0 Å². The highest BCUT2D eigenvalue weighted by Gasteiger charge is 2.00. The van der Waals surface area contributed by atoms with Crippen molar-refractivity contribution in [2.75, 3.05) is 0 Å². The molecule has 0 saturated carbocycles. The largest absolute Gasteiger partial charge is 0.402 e. The molecule has 4 N–H and O–H groups in total. The molecule has 2 heteroatoms. The standard InChI is InChI=1S/C8H18N2/c1-3-4-5-8(10)6-7(2)9/h8H,2-6,9-10H2,1H3. The van der Waals surface area contributed by atoms with Crippen LogP contribution in [0.4, 0.5) is 0 Å². The minimum Gasteiger partial charge on any atom is -0.402 e. The fraction of sp³-hybridized carbons (Fsp3) is 0.750. The van der Waals surface area contributed by atoms with Crippen molar-refractivity contribution in [2.45, 2.75) is 38.6 Å². The quantitative estimate of drug-likeness (QED) is 0.609. The molecular weight excluding hydrogens is 124 g/mol. The molecule has 2 nitrogen and oxygen atoms in total. The summed E-state index contributed by atoms with van der Waals surface area (Å²) < 4.78 is 0. The number of nitrogens with two attached hydrogens (primary N) is 2. The molecule has 1 atom stereocenters. The summed E-state index contributed by atoms with van der Waals surface area (Å²) in [6, 6.07) is 0.220. The molecule has 0 amide bonds. The van der Waals surface area contributed by atoms with Gasteiger partial charge in [-0.2, -0.15) is 0 Å². The molecule has 0 aliphatic carbocycles. The average Bonchev–Trinajstić information content (AvgIpc) is 1.82. The van der Waals surface area contributed by atoms with Gasteiger partial charge >= 0.3 is 0 Å². The van der Waals surface area contributed by atoms with Crippen LogP contribution in [-0.4, -0.2) is 6.04 Å². The predicted molar refractivity (Wildman–Crippen MR) is 45.4 cm³/mol. The van der Waals surface area contributed by atoms with E-state index < -0.39 is 0 Å². The van der Waals surface area contributed by atoms with E-state index in [1.807, 2.05) is 0 Å². The lowest BCUT2D eigenvalue weighted by Crippen LogP contribution is -2.21. The summed E-state index contributed by atoms with van der Waals surface area (Å²) in [5.74, 6) is 0. The smallest absolute Gasteiger partial charge is 0.00931 e. The number of unbranched alkanes of at least 4 members (excludes halogenated alkanes) is 1. The SMILES string of the molecule is C=C(N)CC(N)CCCC. The van der Waals surface area contributed by atoms with Crippen LogP contribution in [0.3, 0.4) is 0 Å². The van der Waals surface area contributed by atoms with Gasteiger partial charge in [0.05, 0.1) is 0 Å². The van der Waals surface area contributed by atoms with Gasteiger partial charge in [0.2, 0.25) is 0 Å². The van der Waals surface area contributed by atoms with Crippen molar-refractivity contribution in [1.82, 2.24) is 0 Å². The summed E-state index contributed by atoms with van der Waals surface area (Å²) in [7, 11) is 0. The van der Waals surface area contributed by atoms with Gasteiger partial charge in [-0.15, -0.1) is 0 Å². The minimum atomic E-state index is 0.220. The molecule has 0 aromatic heterocycles. The normalized spacial score (nSPS) is 13.0. The first-order valence-electron chi connectivity index (χ1n) is 3.85. The van der Waals surface area contributed by atoms with Crippen molar-refractivity contribution in [3.63, 3.8) is 0 Å². The zero-order chi connectivity index (χ0) is 7.98. The van der Waals surface area contributed by atoms with E-state index in [0.29, 0.717) is 5.70 Å². The maximum atomic E-state index is 5.72. The Hall–Kier alpha value is -0.500. The molecule has 0 heterocycles. The van der Waals surface area contributed by atoms with E-state index in [-0.39, 0.29) is 6.04 Å². The summed E-state index contributed by atoms with van der Waals surface area (Å²) in [4.78, 5) is 0. The van der Waals surface area contributed by atoms with Crippen molar-refractivity contribution in [3.05, 3.63) is 12.3 Å². The van der Waals surface area contributed by atoms with Crippen molar-refractivity contribution in [3.8, 4) is 0 Å². The zero-order valence-corrected chi connectivity index (χ0v) is 6.77. The summed E-state index contributed by atoms with van der Waals surface area (Å²) in [5.41, 5.74) is 11.8. The average molecular weight is 142 g/mol. The molecule has 0 fully saturated rings. The first kappa shape index (κ1) is 9.50. The van der Waals surface area contributed by atoms with Crippen LogP contribution in [-0.2, 0) is 0 Å². The lowest BCUT2D eigenvalue weighted by molar-refractivity contribution is 0.570. The fourth-order valence-corrected chi connectivity index (χ4v) is 0.905. The molecule has 0 bridgehead atoms. The van der Waals surface area contributed by atoms with Crippen LogP contribution < -0.4 is 11.5 Å². The Morgan fingerprint density at radius 2 is 2.20 bits per heavy atom. The topological polar surface area (TPSA) is 52.0 Å². The summed E-state index contributed by atoms with van der Waals surface area (Å²) in [6.07, 6.45) is 4.21. The molecule has 0 aromatic rings. The van der Waals surface area contributed by atoms with E-state index in [0.717, 1.165) is 12.8 Å². The van der Waals surface area contributed by atoms with Gasteiger partial charge in [-0.05, 0) is 6.42 Å². The second-order valence-electron chi connectivity index (χ2n) is 2.76. The Balaban J connectivity index is 3.25. The Morgan fingerprint density at radius 1 is 1.60 bits per heavy atom. The van der Waals surface area contributed by atoms with Gasteiger partial charge in [-0.25, -0.2) is 0 Å². The predicted octanol–water partition coefficient (Wildman–Crippen LogP) is 1.37. The molecule has 0 saturated heterocycles. The van der Waals surface area contributed by atoms with Crippen LogP contribution in [0.25, 0.3) is 0 Å². The van der Waals surface area contributed by atoms with Crippen molar-refractivity contribution in [2.24, 2.45) is 11.5 Å². The summed E-state index contributed by atoms with van der Waals surface area (Å²) in [6.45, 7) is 5.76. The van der Waals surface area contributed by atoms with Gasteiger partial charge in [-0.1, -0.05) is 26.3 Å². The molecule has 0 aliphatic heterocycles. The molecular formula is C8H18N2. The molecule has 0 aliphatic rings. The molecule has 0 spiro atoms. The van der Waals surface area contributed by atoms with E-state index in [9.17, 15) is 0 Å². The van der Waals surface area contributed by atoms with Gasteiger partial charge < -0.3 is 11.5 Å². The first-order chi connectivity index (χ1) is 4.66. The van der Waals surface area contributed by atoms with Gasteiger partial charge in [0.15, 0.2) is 0 Å². The molecule has 0 rings (SSSR count). The third-order valence-corrected chi connectivity index (χ3v) is 1.45. The second-order valence-corrected chi connectivity index (χ2v) is 2.76. The monoisotopic (exact) mass is 142 g/mol. The first-order valence-corrected chi connectivity index (χ1v) is 3.85. The van der Waals surface area contributed by atoms with Gasteiger partial charge in [0.25, 0.3) is 0 Å². The van der Waals surface area contributed by atoms with E-state index in [4.69, 9.17) is 11.5 Å². The number of rotatable bonds is 5. The molecule has 60 valence electrons. The van der Waals surface area contributed by atoms with Crippen molar-refractivity contribution >= 4 is 0 Å². The van der Waals surface area contributed by atoms with Crippen LogP contribution in [0.1, 0.15) is 32.6 Å². The Labute approximate surface area is 63.3 Å². The third kappa shape index (κ3) is 5.63. The highest BCUT2D eigenvalue weighted by atomic mass is 14.7. The lowest BCUT2D eigenvalue weighted by atomic mass is 10.1. The third-order valence-electron chi connectivity index (χ3n) is 1.45. The molecule has 1 unspecified atom stereocenters. The second kappa shape index (κ2) is 5.30. The summed E-state index contributed by atoms with van der Waals surface area (Å²) in [5, 5.41) is 0. The van der Waals surface area contributed by atoms with E-state index in [2.05, 4.69) is 13.5 Å². The van der Waals surface area contributed by atoms with Crippen LogP contribution in [0, 0.1) is 0 Å². The Bertz CT molecular complexity index is 99.4. The van der Waals surface area contributed by atoms with E-state index >= 15 is 0 Å². The maximum Gasteiger partial charge on any atom is 0.00931 e. The number of hydrogen-bond acceptors (Lipinski definition) is 2. The molecule has 10 heavy (non-hydrogen) atoms. The van der Waals surface area contributed by atoms with Crippen LogP contribution >= 0.6 is 0 Å². The lowest BCUT2D eigenvalue weighted by Gasteiger charge is -2.09. The van der Waals surface area contributed by atoms with E-state index in [1.165, 1.54) is 12.8 Å². The van der Waals surface area contributed by atoms with Crippen molar-refractivity contribution in [1.29, 1.82) is 0 Å². The highest BCUT2D eigenvalue weighted by Crippen LogP contribution is 2.03. The Morgan fingerprint density at radius 3 is 2.60 bits per heavy atom. The van der Waals surface area contributed by atoms with Crippen molar-refractivity contribution < 1.29 is 0 Å². The van der Waals surface area contributed by atoms with Crippen LogP contribution in [0.15, 0.2) is 12.3 Å². The molecule has 0 aromatic carbocycles. The van der Waals surface area contributed by atoms with E-state index in [1.54, 1.807) is 0 Å². The fourth-order valence-electron chi connectivity index (χ4n) is 0.905. The maximum absolute atomic E-state index is 5.72. The molecule has 0 radical (unpaired) electrons. The Kier molecular flexibility index (Phi) is 5.03. The van der Waals surface area contributed by atoms with Crippen LogP contribution in [0.5, 0.6) is 0 Å². The van der Waals surface area contributed by atoms with Gasteiger partial charge in [0, 0.05) is 18.2 Å². The summed E-state index contributed by atoms with van der Waals surface area (Å²) >= 11 is 0. The van der Waals surface area contributed by atoms with Gasteiger partial charge in [-0.3, -0.25) is 0 Å². The zero-order valence-electron chi connectivity index (χ0n) is 6.77. The highest BCUT2D eigenvalue weighted by molar-refractivity contribution is 4.89. The minimum absolute atomic E-state index is 0.220. The number of hydrogen-bond donors (Lipinski definition) is 2. The van der Waals surface area contributed by atoms with Crippen LogP contribution in [0.2, 0.25) is 0 Å².